The van der Waals surface area contributed by atoms with Crippen molar-refractivity contribution in [2.45, 2.75) is 38.1 Å². The number of hydrogen-bond donors (Lipinski definition) is 1. The highest BCUT2D eigenvalue weighted by atomic mass is 35.5. The summed E-state index contributed by atoms with van der Waals surface area (Å²) in [6.07, 6.45) is 0.237. The minimum absolute atomic E-state index is 0.00724. The van der Waals surface area contributed by atoms with E-state index in [0.717, 1.165) is 27.2 Å². The number of imide groups is 1. The van der Waals surface area contributed by atoms with Gasteiger partial charge in [-0.05, 0) is 52.8 Å². The van der Waals surface area contributed by atoms with E-state index in [4.69, 9.17) is 16.3 Å². The van der Waals surface area contributed by atoms with Crippen molar-refractivity contribution < 1.29 is 23.9 Å². The van der Waals surface area contributed by atoms with E-state index in [-0.39, 0.29) is 36.0 Å². The van der Waals surface area contributed by atoms with Gasteiger partial charge < -0.3 is 10.1 Å². The third kappa shape index (κ3) is 4.29. The largest absolute Gasteiger partial charge is 0.454 e. The van der Waals surface area contributed by atoms with Crippen molar-refractivity contribution in [1.29, 1.82) is 0 Å². The number of nitrogens with one attached hydrogen (secondary N) is 1. The molecule has 3 aromatic rings. The summed E-state index contributed by atoms with van der Waals surface area (Å²) in [5.41, 5.74) is 4.73. The molecule has 0 saturated carbocycles. The molecule has 1 heterocycles. The number of ether oxygens (including phenoxy) is 1. The molecule has 3 amide bonds. The van der Waals surface area contributed by atoms with Gasteiger partial charge >= 0.3 is 5.97 Å². The van der Waals surface area contributed by atoms with Crippen LogP contribution in [0.4, 0.5) is 5.69 Å². The van der Waals surface area contributed by atoms with Crippen molar-refractivity contribution in [3.63, 3.8) is 0 Å². The summed E-state index contributed by atoms with van der Waals surface area (Å²) in [4.78, 5) is 55.3. The molecule has 8 heteroatoms. The lowest BCUT2D eigenvalue weighted by Crippen LogP contribution is -2.47. The second-order valence-corrected chi connectivity index (χ2v) is 11.6. The standard InChI is InChI=1S/C32H29ClN2O5/c1-17(2)14-24(32(39)40-16-25(36)34-19-9-7-8-18(33)15-19)35-30(37)28-26-20-10-3-4-11-21(20)27(29(28)31(35)38)23-13-6-5-12-22(23)26/h3-13,15,17,24,26-29H,14,16H2,1-2H3,(H,34,36)/t24-,26?,27?,28-,29+/m1/s1. The van der Waals surface area contributed by atoms with Crippen LogP contribution in [0, 0.1) is 17.8 Å². The van der Waals surface area contributed by atoms with Gasteiger partial charge in [0.15, 0.2) is 6.61 Å². The Morgan fingerprint density at radius 2 is 1.38 bits per heavy atom. The number of rotatable bonds is 7. The van der Waals surface area contributed by atoms with Gasteiger partial charge in [0.05, 0.1) is 11.8 Å². The smallest absolute Gasteiger partial charge is 0.329 e. The van der Waals surface area contributed by atoms with Gasteiger partial charge in [-0.3, -0.25) is 19.3 Å². The van der Waals surface area contributed by atoms with Gasteiger partial charge in [-0.25, -0.2) is 4.79 Å². The first-order valence-corrected chi connectivity index (χ1v) is 13.9. The zero-order valence-corrected chi connectivity index (χ0v) is 22.9. The van der Waals surface area contributed by atoms with Crippen molar-refractivity contribution >= 4 is 41.0 Å². The number of likely N-dealkylation sites (tertiary alicyclic amines) is 1. The molecule has 0 spiro atoms. The quantitative estimate of drug-likeness (QED) is 0.322. The number of anilines is 1. The van der Waals surface area contributed by atoms with E-state index in [2.05, 4.69) is 5.32 Å². The minimum Gasteiger partial charge on any atom is -0.454 e. The van der Waals surface area contributed by atoms with E-state index in [0.29, 0.717) is 10.7 Å². The Morgan fingerprint density at radius 3 is 1.85 bits per heavy atom. The fourth-order valence-corrected chi connectivity index (χ4v) is 6.95. The second kappa shape index (κ2) is 10.2. The molecule has 2 bridgehead atoms. The molecule has 3 atom stereocenters. The average Bonchev–Trinajstić information content (AvgIpc) is 3.20. The monoisotopic (exact) mass is 556 g/mol. The summed E-state index contributed by atoms with van der Waals surface area (Å²) in [5, 5.41) is 3.09. The SMILES string of the molecule is CC(C)C[C@H](C(=O)OCC(=O)Nc1cccc(Cl)c1)N1C(=O)[C@@H]2C3c4ccccc4C(c4ccccc43)[C@@H]2C1=O. The fraction of sp³-hybridized carbons (Fsp3) is 0.312. The molecule has 40 heavy (non-hydrogen) atoms. The van der Waals surface area contributed by atoms with Crippen LogP contribution in [0.2, 0.25) is 5.02 Å². The molecule has 3 aliphatic carbocycles. The van der Waals surface area contributed by atoms with Crippen molar-refractivity contribution in [3.05, 3.63) is 100 Å². The van der Waals surface area contributed by atoms with Crippen molar-refractivity contribution in [3.8, 4) is 0 Å². The third-order valence-corrected chi connectivity index (χ3v) is 8.45. The first kappa shape index (κ1) is 26.3. The molecule has 0 unspecified atom stereocenters. The molecule has 1 aliphatic heterocycles. The van der Waals surface area contributed by atoms with E-state index >= 15 is 0 Å². The molecule has 0 radical (unpaired) electrons. The second-order valence-electron chi connectivity index (χ2n) is 11.1. The Kier molecular flexibility index (Phi) is 6.70. The van der Waals surface area contributed by atoms with Crippen molar-refractivity contribution in [2.75, 3.05) is 11.9 Å². The number of hydrogen-bond acceptors (Lipinski definition) is 5. The minimum atomic E-state index is -1.12. The highest BCUT2D eigenvalue weighted by Crippen LogP contribution is 2.61. The van der Waals surface area contributed by atoms with Crippen LogP contribution in [-0.4, -0.2) is 41.2 Å². The maximum Gasteiger partial charge on any atom is 0.329 e. The summed E-state index contributed by atoms with van der Waals surface area (Å²) in [7, 11) is 0. The first-order valence-electron chi connectivity index (χ1n) is 13.5. The van der Waals surface area contributed by atoms with Gasteiger partial charge in [-0.2, -0.15) is 0 Å². The van der Waals surface area contributed by atoms with Crippen LogP contribution in [0.3, 0.4) is 0 Å². The molecule has 0 aromatic heterocycles. The highest BCUT2D eigenvalue weighted by molar-refractivity contribution is 6.30. The van der Waals surface area contributed by atoms with Gasteiger partial charge in [-0.1, -0.05) is 80.0 Å². The van der Waals surface area contributed by atoms with Crippen LogP contribution in [0.25, 0.3) is 0 Å². The molecule has 3 aromatic carbocycles. The number of benzene rings is 3. The van der Waals surface area contributed by atoms with Crippen LogP contribution in [0.5, 0.6) is 0 Å². The van der Waals surface area contributed by atoms with E-state index in [1.165, 1.54) is 0 Å². The molecular formula is C32H29ClN2O5. The van der Waals surface area contributed by atoms with Crippen LogP contribution < -0.4 is 5.32 Å². The number of carbonyl (C=O) groups is 4. The molecule has 1 fully saturated rings. The third-order valence-electron chi connectivity index (χ3n) is 8.21. The molecule has 1 saturated heterocycles. The van der Waals surface area contributed by atoms with Crippen LogP contribution in [0.1, 0.15) is 54.4 Å². The maximum absolute atomic E-state index is 14.1. The lowest BCUT2D eigenvalue weighted by Gasteiger charge is -2.45. The zero-order valence-electron chi connectivity index (χ0n) is 22.2. The Balaban J connectivity index is 1.27. The van der Waals surface area contributed by atoms with Gasteiger partial charge in [0.2, 0.25) is 11.8 Å². The fourth-order valence-electron chi connectivity index (χ4n) is 6.76. The average molecular weight is 557 g/mol. The highest BCUT2D eigenvalue weighted by Gasteiger charge is 2.63. The summed E-state index contributed by atoms with van der Waals surface area (Å²) >= 11 is 5.98. The lowest BCUT2D eigenvalue weighted by molar-refractivity contribution is -0.160. The van der Waals surface area contributed by atoms with Crippen molar-refractivity contribution in [2.24, 2.45) is 17.8 Å². The van der Waals surface area contributed by atoms with Crippen LogP contribution in [-0.2, 0) is 23.9 Å². The van der Waals surface area contributed by atoms with Gasteiger partial charge in [0.1, 0.15) is 6.04 Å². The molecular weight excluding hydrogens is 528 g/mol. The molecule has 7 nitrogen and oxygen atoms in total. The van der Waals surface area contributed by atoms with Crippen LogP contribution >= 0.6 is 11.6 Å². The predicted octanol–water partition coefficient (Wildman–Crippen LogP) is 5.13. The Bertz CT molecular complexity index is 1420. The summed E-state index contributed by atoms with van der Waals surface area (Å²) in [6, 6.07) is 21.5. The summed E-state index contributed by atoms with van der Waals surface area (Å²) < 4.78 is 5.39. The summed E-state index contributed by atoms with van der Waals surface area (Å²) in [5.74, 6) is -3.71. The van der Waals surface area contributed by atoms with E-state index in [9.17, 15) is 19.2 Å². The van der Waals surface area contributed by atoms with Crippen LogP contribution in [0.15, 0.2) is 72.8 Å². The number of halogens is 1. The topological polar surface area (TPSA) is 92.8 Å². The number of carbonyl (C=O) groups excluding carboxylic acids is 4. The lowest BCUT2D eigenvalue weighted by atomic mass is 9.55. The Hall–Kier alpha value is -3.97. The zero-order chi connectivity index (χ0) is 28.1. The number of amides is 3. The first-order chi connectivity index (χ1) is 19.3. The van der Waals surface area contributed by atoms with Gasteiger partial charge in [0.25, 0.3) is 5.91 Å². The molecule has 204 valence electrons. The number of esters is 1. The van der Waals surface area contributed by atoms with Gasteiger partial charge in [0, 0.05) is 22.5 Å². The van der Waals surface area contributed by atoms with E-state index in [1.54, 1.807) is 24.3 Å². The Morgan fingerprint density at radius 1 is 0.850 bits per heavy atom. The van der Waals surface area contributed by atoms with E-state index < -0.39 is 36.4 Å². The Labute approximate surface area is 237 Å². The maximum atomic E-state index is 14.1. The molecule has 4 aliphatic rings. The number of nitrogens with zero attached hydrogens (tertiary/aromatic N) is 1. The van der Waals surface area contributed by atoms with Gasteiger partial charge in [-0.15, -0.1) is 0 Å². The molecule has 1 N–H and O–H groups in total. The predicted molar refractivity (Wildman–Crippen MR) is 150 cm³/mol. The molecule has 7 rings (SSSR count). The normalized spacial score (nSPS) is 22.9. The summed E-state index contributed by atoms with van der Waals surface area (Å²) in [6.45, 7) is 3.28. The van der Waals surface area contributed by atoms with E-state index in [1.807, 2.05) is 62.4 Å². The van der Waals surface area contributed by atoms with Crippen molar-refractivity contribution in [1.82, 2.24) is 4.90 Å².